The van der Waals surface area contributed by atoms with E-state index in [1.165, 1.54) is 45.2 Å². The number of imide groups is 1. The molecule has 0 atom stereocenters. The molecule has 1 heterocycles. The first-order chi connectivity index (χ1) is 18.6. The maximum Gasteiger partial charge on any atom is 0.419 e. The second-order valence-corrected chi connectivity index (χ2v) is 9.38. The lowest BCUT2D eigenvalue weighted by Crippen LogP contribution is -2.43. The number of hydrogen-bond acceptors (Lipinski definition) is 5. The predicted molar refractivity (Wildman–Crippen MR) is 134 cm³/mol. The molecule has 2 N–H and O–H groups in total. The number of benzene rings is 3. The summed E-state index contributed by atoms with van der Waals surface area (Å²) in [5, 5.41) is 12.2. The third kappa shape index (κ3) is 5.14. The number of halogens is 5. The van der Waals surface area contributed by atoms with Crippen LogP contribution in [0.5, 0.6) is 5.75 Å². The number of amides is 3. The number of anilines is 3. The molecule has 0 bridgehead atoms. The molecule has 0 saturated carbocycles. The molecule has 3 amide bonds. The van der Waals surface area contributed by atoms with Gasteiger partial charge in [-0.3, -0.25) is 4.79 Å². The minimum absolute atomic E-state index is 0.0325. The molecule has 4 rings (SSSR count). The molecule has 3 aromatic rings. The van der Waals surface area contributed by atoms with Crippen molar-refractivity contribution < 1.29 is 46.2 Å². The lowest BCUT2D eigenvalue weighted by Gasteiger charge is -2.28. The minimum Gasteiger partial charge on any atom is -0.496 e. The van der Waals surface area contributed by atoms with Crippen LogP contribution in [-0.4, -0.2) is 40.6 Å². The second kappa shape index (κ2) is 10.1. The van der Waals surface area contributed by atoms with E-state index < -0.39 is 52.5 Å². The number of carboxylic acids is 1. The van der Waals surface area contributed by atoms with E-state index in [4.69, 9.17) is 4.74 Å². The van der Waals surface area contributed by atoms with Gasteiger partial charge in [-0.2, -0.15) is 13.2 Å². The van der Waals surface area contributed by atoms with Crippen molar-refractivity contribution in [2.45, 2.75) is 32.1 Å². The van der Waals surface area contributed by atoms with Gasteiger partial charge in [-0.1, -0.05) is 6.07 Å². The summed E-state index contributed by atoms with van der Waals surface area (Å²) in [6.45, 7) is 2.52. The Bertz CT molecular complexity index is 1520. The first kappa shape index (κ1) is 28.3. The Kier molecular flexibility index (Phi) is 7.18. The van der Waals surface area contributed by atoms with Gasteiger partial charge in [0.25, 0.3) is 5.91 Å². The van der Waals surface area contributed by atoms with Crippen molar-refractivity contribution in [2.24, 2.45) is 0 Å². The molecule has 0 radical (unpaired) electrons. The van der Waals surface area contributed by atoms with E-state index in [1.807, 2.05) is 0 Å². The fourth-order valence-electron chi connectivity index (χ4n) is 4.27. The highest BCUT2D eigenvalue weighted by molar-refractivity contribution is 6.23. The number of nitrogens with zero attached hydrogens (tertiary/aromatic N) is 2. The van der Waals surface area contributed by atoms with Gasteiger partial charge in [0.2, 0.25) is 0 Å². The van der Waals surface area contributed by atoms with Crippen LogP contribution in [-0.2, 0) is 17.5 Å². The smallest absolute Gasteiger partial charge is 0.419 e. The highest BCUT2D eigenvalue weighted by atomic mass is 19.4. The zero-order valence-corrected chi connectivity index (χ0v) is 21.3. The molecule has 0 unspecified atom stereocenters. The van der Waals surface area contributed by atoms with Crippen LogP contribution in [0.25, 0.3) is 0 Å². The third-order valence-corrected chi connectivity index (χ3v) is 6.45. The summed E-state index contributed by atoms with van der Waals surface area (Å²) in [5.41, 5.74) is -2.91. The molecule has 1 saturated heterocycles. The quantitative estimate of drug-likeness (QED) is 0.263. The molecule has 0 aromatic heterocycles. The van der Waals surface area contributed by atoms with Crippen LogP contribution < -0.4 is 15.0 Å². The predicted octanol–water partition coefficient (Wildman–Crippen LogP) is 6.18. The highest BCUT2D eigenvalue weighted by Crippen LogP contribution is 2.38. The van der Waals surface area contributed by atoms with Gasteiger partial charge in [0, 0.05) is 17.4 Å². The Morgan fingerprint density at radius 3 is 2.35 bits per heavy atom. The van der Waals surface area contributed by atoms with E-state index in [0.29, 0.717) is 28.3 Å². The number of urea groups is 1. The van der Waals surface area contributed by atoms with Crippen LogP contribution >= 0.6 is 0 Å². The Morgan fingerprint density at radius 1 is 1.02 bits per heavy atom. The van der Waals surface area contributed by atoms with E-state index in [-0.39, 0.29) is 23.5 Å². The van der Waals surface area contributed by atoms with Gasteiger partial charge in [-0.25, -0.2) is 23.3 Å². The number of nitrogens with one attached hydrogen (secondary N) is 1. The molecule has 1 fully saturated rings. The lowest BCUT2D eigenvalue weighted by atomic mass is 10.0. The van der Waals surface area contributed by atoms with Crippen LogP contribution in [0.4, 0.5) is 43.8 Å². The van der Waals surface area contributed by atoms with E-state index in [2.05, 4.69) is 5.32 Å². The molecule has 210 valence electrons. The largest absolute Gasteiger partial charge is 0.496 e. The Balaban J connectivity index is 1.68. The van der Waals surface area contributed by atoms with Gasteiger partial charge in [0.05, 0.1) is 24.9 Å². The Hall–Kier alpha value is -4.68. The number of aromatic carboxylic acids is 1. The summed E-state index contributed by atoms with van der Waals surface area (Å²) in [6.07, 6.45) is -5.05. The number of ether oxygens (including phenoxy) is 1. The molecule has 0 spiro atoms. The number of methoxy groups -OCH3 is 1. The van der Waals surface area contributed by atoms with E-state index in [9.17, 15) is 41.4 Å². The molecule has 1 aliphatic heterocycles. The third-order valence-electron chi connectivity index (χ3n) is 6.45. The Labute approximate surface area is 224 Å². The van der Waals surface area contributed by atoms with Crippen LogP contribution in [0.3, 0.4) is 0 Å². The minimum atomic E-state index is -5.05. The summed E-state index contributed by atoms with van der Waals surface area (Å²) >= 11 is 0. The van der Waals surface area contributed by atoms with E-state index in [1.54, 1.807) is 0 Å². The summed E-state index contributed by atoms with van der Waals surface area (Å²) in [5.74, 6) is -4.23. The fourth-order valence-corrected chi connectivity index (χ4v) is 4.27. The van der Waals surface area contributed by atoms with Gasteiger partial charge in [-0.05, 0) is 61.9 Å². The van der Waals surface area contributed by atoms with Crippen LogP contribution in [0.2, 0.25) is 0 Å². The molecular weight excluding hydrogens is 541 g/mol. The number of carbonyl (C=O) groups excluding carboxylic acids is 2. The zero-order valence-electron chi connectivity index (χ0n) is 21.3. The topological polar surface area (TPSA) is 99.2 Å². The van der Waals surface area contributed by atoms with E-state index in [0.717, 1.165) is 23.1 Å². The summed E-state index contributed by atoms with van der Waals surface area (Å²) in [7, 11) is 1.28. The maximum absolute atomic E-state index is 14.2. The van der Waals surface area contributed by atoms with Crippen LogP contribution in [0.1, 0.15) is 35.3 Å². The van der Waals surface area contributed by atoms with Gasteiger partial charge in [0.1, 0.15) is 28.5 Å². The summed E-state index contributed by atoms with van der Waals surface area (Å²) in [6, 6.07) is 8.54. The van der Waals surface area contributed by atoms with Crippen molar-refractivity contribution in [3.8, 4) is 5.75 Å². The normalized spacial score (nSPS) is 15.0. The molecule has 0 aliphatic carbocycles. The highest BCUT2D eigenvalue weighted by Gasteiger charge is 2.52. The van der Waals surface area contributed by atoms with Gasteiger partial charge < -0.3 is 20.1 Å². The molecular formula is C27H22F5N3O5. The first-order valence-electron chi connectivity index (χ1n) is 11.6. The number of alkyl halides is 3. The van der Waals surface area contributed by atoms with Gasteiger partial charge in [-0.15, -0.1) is 0 Å². The summed E-state index contributed by atoms with van der Waals surface area (Å²) in [4.78, 5) is 39.6. The number of rotatable bonds is 7. The summed E-state index contributed by atoms with van der Waals surface area (Å²) < 4.78 is 73.0. The molecule has 40 heavy (non-hydrogen) atoms. The van der Waals surface area contributed by atoms with Gasteiger partial charge in [0.15, 0.2) is 0 Å². The van der Waals surface area contributed by atoms with Crippen LogP contribution in [0, 0.1) is 11.6 Å². The average molecular weight is 563 g/mol. The lowest BCUT2D eigenvalue weighted by molar-refractivity contribution is -0.140. The van der Waals surface area contributed by atoms with Crippen molar-refractivity contribution in [3.05, 3.63) is 82.9 Å². The second-order valence-electron chi connectivity index (χ2n) is 9.38. The van der Waals surface area contributed by atoms with Crippen molar-refractivity contribution in [1.29, 1.82) is 0 Å². The van der Waals surface area contributed by atoms with E-state index >= 15 is 0 Å². The monoisotopic (exact) mass is 563 g/mol. The fraction of sp³-hybridized carbons (Fsp3) is 0.222. The Morgan fingerprint density at radius 2 is 1.73 bits per heavy atom. The first-order valence-corrected chi connectivity index (χ1v) is 11.6. The standard InChI is InChI=1S/C27H22F5N3O5/c1-26(2)24(38)35(17-7-9-20(29)19(12-17)27(30,31)32)25(39)34(26)13-14-4-5-15(28)10-21(14)33-16-6-8-18(23(36)37)22(11-16)40-3/h4-12,33H,13H2,1-3H3,(H,36,37). The van der Waals surface area contributed by atoms with Gasteiger partial charge >= 0.3 is 18.2 Å². The molecule has 13 heteroatoms. The SMILES string of the molecule is COc1cc(Nc2cc(F)ccc2CN2C(=O)N(c3ccc(F)c(C(F)(F)F)c3)C(=O)C2(C)C)ccc1C(=O)O. The maximum atomic E-state index is 14.2. The van der Waals surface area contributed by atoms with Crippen molar-refractivity contribution >= 4 is 35.0 Å². The number of carbonyl (C=O) groups is 3. The zero-order chi connectivity index (χ0) is 29.6. The number of carboxylic acid groups (broad SMARTS) is 1. The molecule has 1 aliphatic rings. The van der Waals surface area contributed by atoms with Crippen molar-refractivity contribution in [1.82, 2.24) is 4.90 Å². The molecule has 8 nitrogen and oxygen atoms in total. The average Bonchev–Trinajstić information content (AvgIpc) is 3.04. The molecule has 3 aromatic carbocycles. The number of hydrogen-bond donors (Lipinski definition) is 2. The van der Waals surface area contributed by atoms with Crippen molar-refractivity contribution in [3.63, 3.8) is 0 Å². The van der Waals surface area contributed by atoms with Crippen LogP contribution in [0.15, 0.2) is 54.6 Å². The van der Waals surface area contributed by atoms with Crippen molar-refractivity contribution in [2.75, 3.05) is 17.3 Å².